The Morgan fingerprint density at radius 2 is 1.80 bits per heavy atom. The number of para-hydroxylation sites is 2. The van der Waals surface area contributed by atoms with Crippen LogP contribution >= 0.6 is 0 Å². The normalized spacial score (nSPS) is 11.0. The van der Waals surface area contributed by atoms with Gasteiger partial charge in [-0.2, -0.15) is 0 Å². The zero-order chi connectivity index (χ0) is 18.4. The van der Waals surface area contributed by atoms with Gasteiger partial charge in [0.2, 0.25) is 10.0 Å². The van der Waals surface area contributed by atoms with Gasteiger partial charge in [0.15, 0.2) is 0 Å². The van der Waals surface area contributed by atoms with Gasteiger partial charge in [0.05, 0.1) is 29.3 Å². The van der Waals surface area contributed by atoms with Gasteiger partial charge in [0, 0.05) is 0 Å². The first-order valence-corrected chi connectivity index (χ1v) is 9.65. The summed E-state index contributed by atoms with van der Waals surface area (Å²) in [5, 5.41) is 2.78. The summed E-state index contributed by atoms with van der Waals surface area (Å²) in [6.45, 7) is 5.70. The molecular formula is C18H22N2O4S. The van der Waals surface area contributed by atoms with E-state index in [4.69, 9.17) is 4.74 Å². The predicted molar refractivity (Wildman–Crippen MR) is 99.8 cm³/mol. The van der Waals surface area contributed by atoms with E-state index in [9.17, 15) is 13.2 Å². The van der Waals surface area contributed by atoms with Gasteiger partial charge in [0.25, 0.3) is 5.91 Å². The summed E-state index contributed by atoms with van der Waals surface area (Å²) < 4.78 is 31.7. The summed E-state index contributed by atoms with van der Waals surface area (Å²) in [4.78, 5) is 12.7. The number of amides is 1. The first-order valence-electron chi connectivity index (χ1n) is 8.00. The highest BCUT2D eigenvalue weighted by atomic mass is 32.2. The van der Waals surface area contributed by atoms with Crippen LogP contribution in [0.15, 0.2) is 42.5 Å². The highest BCUT2D eigenvalue weighted by molar-refractivity contribution is 7.92. The van der Waals surface area contributed by atoms with E-state index in [1.807, 2.05) is 19.9 Å². The standard InChI is InChI=1S/C18H22N2O4S/c1-4-24-17-9-7-6-8-16(17)19-18(21)14-12-13(3)10-11-15(14)20-25(22,23)5-2/h6-12,20H,4-5H2,1-3H3,(H,19,21). The Hall–Kier alpha value is -2.54. The molecule has 2 aromatic rings. The van der Waals surface area contributed by atoms with E-state index < -0.39 is 15.9 Å². The van der Waals surface area contributed by atoms with Crippen molar-refractivity contribution in [1.82, 2.24) is 0 Å². The van der Waals surface area contributed by atoms with E-state index in [0.717, 1.165) is 5.56 Å². The monoisotopic (exact) mass is 362 g/mol. The second kappa shape index (κ2) is 8.02. The number of sulfonamides is 1. The Labute approximate surface area is 148 Å². The van der Waals surface area contributed by atoms with Crippen molar-refractivity contribution in [3.63, 3.8) is 0 Å². The number of ether oxygens (including phenoxy) is 1. The molecule has 0 fully saturated rings. The molecule has 0 bridgehead atoms. The Morgan fingerprint density at radius 1 is 1.08 bits per heavy atom. The molecule has 25 heavy (non-hydrogen) atoms. The lowest BCUT2D eigenvalue weighted by atomic mass is 10.1. The maximum absolute atomic E-state index is 12.7. The number of benzene rings is 2. The molecule has 0 saturated carbocycles. The number of nitrogens with one attached hydrogen (secondary N) is 2. The molecule has 0 aliphatic carbocycles. The lowest BCUT2D eigenvalue weighted by molar-refractivity contribution is 0.102. The molecule has 0 aliphatic heterocycles. The van der Waals surface area contributed by atoms with Crippen LogP contribution in [0.4, 0.5) is 11.4 Å². The van der Waals surface area contributed by atoms with Crippen LogP contribution in [0.5, 0.6) is 5.75 Å². The number of carbonyl (C=O) groups is 1. The number of anilines is 2. The van der Waals surface area contributed by atoms with Gasteiger partial charge in [0.1, 0.15) is 5.75 Å². The minimum Gasteiger partial charge on any atom is -0.492 e. The van der Waals surface area contributed by atoms with Gasteiger partial charge in [-0.25, -0.2) is 8.42 Å². The van der Waals surface area contributed by atoms with Crippen LogP contribution in [-0.2, 0) is 10.0 Å². The topological polar surface area (TPSA) is 84.5 Å². The minimum atomic E-state index is -3.49. The SMILES string of the molecule is CCOc1ccccc1NC(=O)c1cc(C)ccc1NS(=O)(=O)CC. The molecule has 0 atom stereocenters. The third-order valence-electron chi connectivity index (χ3n) is 3.50. The van der Waals surface area contributed by atoms with Crippen LogP contribution in [0.25, 0.3) is 0 Å². The minimum absolute atomic E-state index is 0.0743. The molecule has 2 rings (SSSR count). The number of rotatable bonds is 7. The molecule has 0 saturated heterocycles. The van der Waals surface area contributed by atoms with Crippen molar-refractivity contribution < 1.29 is 17.9 Å². The highest BCUT2D eigenvalue weighted by Crippen LogP contribution is 2.26. The van der Waals surface area contributed by atoms with Crippen LogP contribution in [0.3, 0.4) is 0 Å². The molecule has 0 heterocycles. The van der Waals surface area contributed by atoms with E-state index in [2.05, 4.69) is 10.0 Å². The molecule has 7 heteroatoms. The first kappa shape index (κ1) is 18.8. The van der Waals surface area contributed by atoms with Crippen LogP contribution in [-0.4, -0.2) is 26.7 Å². The largest absolute Gasteiger partial charge is 0.492 e. The van der Waals surface area contributed by atoms with Crippen molar-refractivity contribution in [2.45, 2.75) is 20.8 Å². The van der Waals surface area contributed by atoms with E-state index in [1.165, 1.54) is 6.92 Å². The van der Waals surface area contributed by atoms with Crippen molar-refractivity contribution in [2.24, 2.45) is 0 Å². The van der Waals surface area contributed by atoms with Crippen molar-refractivity contribution in [3.8, 4) is 5.75 Å². The highest BCUT2D eigenvalue weighted by Gasteiger charge is 2.17. The molecule has 0 aromatic heterocycles. The molecule has 0 aliphatic rings. The van der Waals surface area contributed by atoms with E-state index >= 15 is 0 Å². The summed E-state index contributed by atoms with van der Waals surface area (Å²) in [6, 6.07) is 12.1. The van der Waals surface area contributed by atoms with E-state index in [1.54, 1.807) is 36.4 Å². The Balaban J connectivity index is 2.35. The summed E-state index contributed by atoms with van der Waals surface area (Å²) >= 11 is 0. The molecule has 0 spiro atoms. The molecule has 0 radical (unpaired) electrons. The van der Waals surface area contributed by atoms with E-state index in [-0.39, 0.29) is 17.0 Å². The maximum Gasteiger partial charge on any atom is 0.257 e. The summed E-state index contributed by atoms with van der Waals surface area (Å²) in [6.07, 6.45) is 0. The Kier molecular flexibility index (Phi) is 6.03. The van der Waals surface area contributed by atoms with Crippen molar-refractivity contribution >= 4 is 27.3 Å². The fraction of sp³-hybridized carbons (Fsp3) is 0.278. The molecular weight excluding hydrogens is 340 g/mol. The lowest BCUT2D eigenvalue weighted by Gasteiger charge is -2.15. The third kappa shape index (κ3) is 4.96. The second-order valence-electron chi connectivity index (χ2n) is 5.44. The lowest BCUT2D eigenvalue weighted by Crippen LogP contribution is -2.20. The van der Waals surface area contributed by atoms with Crippen molar-refractivity contribution in [3.05, 3.63) is 53.6 Å². The van der Waals surface area contributed by atoms with E-state index in [0.29, 0.717) is 18.0 Å². The van der Waals surface area contributed by atoms with Crippen LogP contribution in [0.2, 0.25) is 0 Å². The number of carbonyl (C=O) groups excluding carboxylic acids is 1. The summed E-state index contributed by atoms with van der Waals surface area (Å²) in [5.74, 6) is 0.0705. The fourth-order valence-corrected chi connectivity index (χ4v) is 2.87. The Bertz CT molecular complexity index is 863. The number of hydrogen-bond acceptors (Lipinski definition) is 4. The average Bonchev–Trinajstić information content (AvgIpc) is 2.58. The van der Waals surface area contributed by atoms with Gasteiger partial charge in [-0.05, 0) is 45.0 Å². The zero-order valence-corrected chi connectivity index (χ0v) is 15.3. The van der Waals surface area contributed by atoms with Gasteiger partial charge in [-0.3, -0.25) is 9.52 Å². The molecule has 2 N–H and O–H groups in total. The van der Waals surface area contributed by atoms with Gasteiger partial charge >= 0.3 is 0 Å². The van der Waals surface area contributed by atoms with Crippen molar-refractivity contribution in [2.75, 3.05) is 22.4 Å². The smallest absolute Gasteiger partial charge is 0.257 e. The first-order chi connectivity index (χ1) is 11.9. The fourth-order valence-electron chi connectivity index (χ4n) is 2.22. The van der Waals surface area contributed by atoms with Gasteiger partial charge < -0.3 is 10.1 Å². The zero-order valence-electron chi connectivity index (χ0n) is 14.5. The molecule has 6 nitrogen and oxygen atoms in total. The van der Waals surface area contributed by atoms with Crippen LogP contribution in [0, 0.1) is 6.92 Å². The maximum atomic E-state index is 12.7. The Morgan fingerprint density at radius 3 is 2.48 bits per heavy atom. The number of aryl methyl sites for hydroxylation is 1. The van der Waals surface area contributed by atoms with Crippen LogP contribution < -0.4 is 14.8 Å². The second-order valence-corrected chi connectivity index (χ2v) is 7.45. The van der Waals surface area contributed by atoms with Gasteiger partial charge in [-0.15, -0.1) is 0 Å². The van der Waals surface area contributed by atoms with Crippen molar-refractivity contribution in [1.29, 1.82) is 0 Å². The molecule has 134 valence electrons. The number of hydrogen-bond donors (Lipinski definition) is 2. The van der Waals surface area contributed by atoms with Crippen LogP contribution in [0.1, 0.15) is 29.8 Å². The summed E-state index contributed by atoms with van der Waals surface area (Å²) in [5.41, 5.74) is 1.88. The molecule has 2 aromatic carbocycles. The molecule has 1 amide bonds. The quantitative estimate of drug-likeness (QED) is 0.790. The van der Waals surface area contributed by atoms with Gasteiger partial charge in [-0.1, -0.05) is 23.8 Å². The third-order valence-corrected chi connectivity index (χ3v) is 4.79. The summed E-state index contributed by atoms with van der Waals surface area (Å²) in [7, 11) is -3.49. The predicted octanol–water partition coefficient (Wildman–Crippen LogP) is 3.41. The molecule has 0 unspecified atom stereocenters. The average molecular weight is 362 g/mol.